The fourth-order valence-electron chi connectivity index (χ4n) is 2.60. The van der Waals surface area contributed by atoms with Gasteiger partial charge in [-0.25, -0.2) is 4.98 Å². The number of benzene rings is 2. The average molecular weight is 414 g/mol. The van der Waals surface area contributed by atoms with Gasteiger partial charge >= 0.3 is 0 Å². The first-order valence-electron chi connectivity index (χ1n) is 8.82. The van der Waals surface area contributed by atoms with E-state index in [0.29, 0.717) is 17.3 Å². The molecule has 2 aromatic carbocycles. The van der Waals surface area contributed by atoms with Gasteiger partial charge in [0.2, 0.25) is 5.91 Å². The van der Waals surface area contributed by atoms with Crippen LogP contribution in [0.3, 0.4) is 0 Å². The Morgan fingerprint density at radius 3 is 2.75 bits per heavy atom. The summed E-state index contributed by atoms with van der Waals surface area (Å²) < 4.78 is 1.48. The summed E-state index contributed by atoms with van der Waals surface area (Å²) in [7, 11) is 0. The molecule has 0 fully saturated rings. The number of hydrogen-bond donors (Lipinski definition) is 1. The van der Waals surface area contributed by atoms with E-state index in [0.717, 1.165) is 23.7 Å². The number of aromatic nitrogens is 2. The van der Waals surface area contributed by atoms with Gasteiger partial charge in [0, 0.05) is 24.0 Å². The Morgan fingerprint density at radius 2 is 2.00 bits per heavy atom. The molecular weight excluding hydrogens is 394 g/mol. The first-order valence-corrected chi connectivity index (χ1v) is 10.2. The van der Waals surface area contributed by atoms with Crippen molar-refractivity contribution in [2.24, 2.45) is 0 Å². The molecule has 28 heavy (non-hydrogen) atoms. The van der Waals surface area contributed by atoms with Crippen LogP contribution in [0.25, 0.3) is 5.69 Å². The Labute approximate surface area is 172 Å². The van der Waals surface area contributed by atoms with Gasteiger partial charge in [0.1, 0.15) is 0 Å². The van der Waals surface area contributed by atoms with Crippen LogP contribution in [0.2, 0.25) is 5.02 Å². The maximum atomic E-state index is 12.7. The molecule has 1 heterocycles. The highest BCUT2D eigenvalue weighted by atomic mass is 35.5. The van der Waals surface area contributed by atoms with Crippen LogP contribution >= 0.6 is 23.4 Å². The molecule has 144 valence electrons. The summed E-state index contributed by atoms with van der Waals surface area (Å²) in [6.45, 7) is 2.46. The van der Waals surface area contributed by atoms with Gasteiger partial charge in [-0.1, -0.05) is 59.8 Å². The maximum absolute atomic E-state index is 12.7. The molecule has 1 amide bonds. The lowest BCUT2D eigenvalue weighted by molar-refractivity contribution is -0.118. The van der Waals surface area contributed by atoms with Crippen LogP contribution in [0.15, 0.2) is 70.7 Å². The van der Waals surface area contributed by atoms with Crippen LogP contribution < -0.4 is 10.9 Å². The van der Waals surface area contributed by atoms with E-state index in [1.807, 2.05) is 49.4 Å². The molecule has 3 aromatic rings. The van der Waals surface area contributed by atoms with E-state index in [1.54, 1.807) is 18.5 Å². The van der Waals surface area contributed by atoms with Crippen molar-refractivity contribution in [2.75, 3.05) is 12.3 Å². The van der Waals surface area contributed by atoms with Gasteiger partial charge in [-0.05, 0) is 36.6 Å². The van der Waals surface area contributed by atoms with Crippen molar-refractivity contribution < 1.29 is 4.79 Å². The maximum Gasteiger partial charge on any atom is 0.287 e. The minimum Gasteiger partial charge on any atom is -0.355 e. The van der Waals surface area contributed by atoms with Crippen molar-refractivity contribution in [3.63, 3.8) is 0 Å². The van der Waals surface area contributed by atoms with Crippen molar-refractivity contribution in [2.45, 2.75) is 18.4 Å². The number of rotatable bonds is 7. The Bertz CT molecular complexity index is 1020. The molecule has 0 bridgehead atoms. The van der Waals surface area contributed by atoms with Crippen molar-refractivity contribution >= 4 is 29.3 Å². The second kappa shape index (κ2) is 9.57. The summed E-state index contributed by atoms with van der Waals surface area (Å²) in [6.07, 6.45) is 3.90. The molecule has 0 aliphatic carbocycles. The zero-order valence-electron chi connectivity index (χ0n) is 15.4. The average Bonchev–Trinajstić information content (AvgIpc) is 2.70. The molecule has 0 atom stereocenters. The van der Waals surface area contributed by atoms with E-state index in [9.17, 15) is 9.59 Å². The van der Waals surface area contributed by atoms with Crippen molar-refractivity contribution in [3.8, 4) is 5.69 Å². The lowest BCUT2D eigenvalue weighted by atomic mass is 10.1. The number of thioether (sulfide) groups is 1. The Morgan fingerprint density at radius 1 is 1.21 bits per heavy atom. The molecule has 7 heteroatoms. The molecular formula is C21H20ClN3O2S. The second-order valence-electron chi connectivity index (χ2n) is 6.22. The molecule has 1 aromatic heterocycles. The number of amides is 1. The van der Waals surface area contributed by atoms with Crippen LogP contribution in [0.1, 0.15) is 11.1 Å². The smallest absolute Gasteiger partial charge is 0.287 e. The first kappa shape index (κ1) is 20.2. The van der Waals surface area contributed by atoms with Gasteiger partial charge in [0.25, 0.3) is 5.56 Å². The standard InChI is InChI=1S/C21H20ClN3O2S/c1-15-7-8-17(13-18(15)22)25-12-11-24-20(21(25)27)28-14-19(26)23-10-9-16-5-3-2-4-6-16/h2-8,11-13H,9-10,14H2,1H3,(H,23,26). The zero-order valence-corrected chi connectivity index (χ0v) is 17.0. The van der Waals surface area contributed by atoms with Crippen LogP contribution in [-0.4, -0.2) is 27.8 Å². The topological polar surface area (TPSA) is 64.0 Å². The molecule has 1 N–H and O–H groups in total. The summed E-state index contributed by atoms with van der Waals surface area (Å²) in [6, 6.07) is 15.4. The number of carbonyl (C=O) groups is 1. The Kier molecular flexibility index (Phi) is 6.90. The molecule has 0 aliphatic rings. The van der Waals surface area contributed by atoms with Crippen LogP contribution in [0.5, 0.6) is 0 Å². The molecule has 0 saturated carbocycles. The van der Waals surface area contributed by atoms with Crippen LogP contribution in [0, 0.1) is 6.92 Å². The summed E-state index contributed by atoms with van der Waals surface area (Å²) >= 11 is 7.29. The lowest BCUT2D eigenvalue weighted by Crippen LogP contribution is -2.28. The largest absolute Gasteiger partial charge is 0.355 e. The predicted molar refractivity (Wildman–Crippen MR) is 113 cm³/mol. The predicted octanol–water partition coefficient (Wildman–Crippen LogP) is 3.65. The normalized spacial score (nSPS) is 10.6. The molecule has 0 radical (unpaired) electrons. The highest BCUT2D eigenvalue weighted by molar-refractivity contribution is 7.99. The first-order chi connectivity index (χ1) is 13.5. The monoisotopic (exact) mass is 413 g/mol. The van der Waals surface area contributed by atoms with E-state index in [1.165, 1.54) is 10.1 Å². The number of nitrogens with one attached hydrogen (secondary N) is 1. The number of carbonyl (C=O) groups excluding carboxylic acids is 1. The third-order valence-corrected chi connectivity index (χ3v) is 5.53. The van der Waals surface area contributed by atoms with Crippen molar-refractivity contribution in [3.05, 3.63) is 87.4 Å². The summed E-state index contributed by atoms with van der Waals surface area (Å²) in [5.74, 6) is 0.00584. The van der Waals surface area contributed by atoms with E-state index in [-0.39, 0.29) is 22.2 Å². The molecule has 0 spiro atoms. The van der Waals surface area contributed by atoms with E-state index < -0.39 is 0 Å². The summed E-state index contributed by atoms with van der Waals surface area (Å²) in [5, 5.41) is 3.73. The van der Waals surface area contributed by atoms with E-state index >= 15 is 0 Å². The molecule has 0 aliphatic heterocycles. The molecule has 5 nitrogen and oxygen atoms in total. The highest BCUT2D eigenvalue weighted by Gasteiger charge is 2.10. The Balaban J connectivity index is 1.59. The SMILES string of the molecule is Cc1ccc(-n2ccnc(SCC(=O)NCCc3ccccc3)c2=O)cc1Cl. The van der Waals surface area contributed by atoms with E-state index in [4.69, 9.17) is 11.6 Å². The van der Waals surface area contributed by atoms with Crippen LogP contribution in [0.4, 0.5) is 0 Å². The molecule has 0 unspecified atom stereocenters. The minimum absolute atomic E-state index is 0.129. The van der Waals surface area contributed by atoms with Crippen molar-refractivity contribution in [1.82, 2.24) is 14.9 Å². The van der Waals surface area contributed by atoms with Gasteiger partial charge in [-0.15, -0.1) is 0 Å². The van der Waals surface area contributed by atoms with E-state index in [2.05, 4.69) is 10.3 Å². The van der Waals surface area contributed by atoms with Gasteiger partial charge in [0.05, 0.1) is 11.4 Å². The molecule has 0 saturated heterocycles. The third kappa shape index (κ3) is 5.24. The third-order valence-electron chi connectivity index (χ3n) is 4.16. The zero-order chi connectivity index (χ0) is 19.9. The fraction of sp³-hybridized carbons (Fsp3) is 0.190. The van der Waals surface area contributed by atoms with Gasteiger partial charge < -0.3 is 5.32 Å². The van der Waals surface area contributed by atoms with Gasteiger partial charge in [-0.3, -0.25) is 14.2 Å². The molecule has 3 rings (SSSR count). The minimum atomic E-state index is -0.274. The number of halogens is 1. The van der Waals surface area contributed by atoms with Gasteiger partial charge in [0.15, 0.2) is 5.03 Å². The number of nitrogens with zero attached hydrogens (tertiary/aromatic N) is 2. The number of hydrogen-bond acceptors (Lipinski definition) is 4. The number of aryl methyl sites for hydroxylation is 1. The quantitative estimate of drug-likeness (QED) is 0.600. The Hall–Kier alpha value is -2.57. The fourth-order valence-corrected chi connectivity index (χ4v) is 3.51. The van der Waals surface area contributed by atoms with Gasteiger partial charge in [-0.2, -0.15) is 0 Å². The highest BCUT2D eigenvalue weighted by Crippen LogP contribution is 2.19. The van der Waals surface area contributed by atoms with Crippen molar-refractivity contribution in [1.29, 1.82) is 0 Å². The summed E-state index contributed by atoms with van der Waals surface area (Å²) in [5.41, 5.74) is 2.50. The second-order valence-corrected chi connectivity index (χ2v) is 7.59. The van der Waals surface area contributed by atoms with Crippen LogP contribution in [-0.2, 0) is 11.2 Å². The summed E-state index contributed by atoms with van der Waals surface area (Å²) in [4.78, 5) is 28.9. The lowest BCUT2D eigenvalue weighted by Gasteiger charge is -2.09.